The van der Waals surface area contributed by atoms with Crippen LogP contribution in [-0.2, 0) is 17.8 Å². The molecule has 2 aromatic heterocycles. The lowest BCUT2D eigenvalue weighted by atomic mass is 9.98. The van der Waals surface area contributed by atoms with Gasteiger partial charge in [-0.25, -0.2) is 0 Å². The van der Waals surface area contributed by atoms with E-state index in [1.807, 2.05) is 48.5 Å². The van der Waals surface area contributed by atoms with E-state index in [0.29, 0.717) is 16.8 Å². The number of aromatic amines is 1. The van der Waals surface area contributed by atoms with E-state index in [2.05, 4.69) is 27.5 Å². The van der Waals surface area contributed by atoms with E-state index in [0.717, 1.165) is 36.0 Å². The van der Waals surface area contributed by atoms with Crippen molar-refractivity contribution in [3.8, 4) is 0 Å². The molecule has 2 heterocycles. The quantitative estimate of drug-likeness (QED) is 0.442. The molecule has 4 aromatic rings. The number of Topliss-reactive ketones (excluding diaryl/α,β-unsaturated/α-hetero) is 1. The molecule has 0 aliphatic heterocycles. The molecule has 6 nitrogen and oxygen atoms in total. The van der Waals surface area contributed by atoms with Crippen LogP contribution in [0.15, 0.2) is 90.9 Å². The molecule has 164 valence electrons. The lowest BCUT2D eigenvalue weighted by molar-refractivity contribution is -0.113. The van der Waals surface area contributed by atoms with Crippen LogP contribution >= 0.6 is 0 Å². The number of allylic oxidation sites excluding steroid dienone is 3. The van der Waals surface area contributed by atoms with Crippen LogP contribution in [0.1, 0.15) is 34.5 Å². The third-order valence-electron chi connectivity index (χ3n) is 5.78. The third-order valence-corrected chi connectivity index (χ3v) is 5.78. The van der Waals surface area contributed by atoms with E-state index < -0.39 is 0 Å². The lowest BCUT2D eigenvalue weighted by Gasteiger charge is -2.13. The van der Waals surface area contributed by atoms with Gasteiger partial charge in [0, 0.05) is 41.3 Å². The fourth-order valence-electron chi connectivity index (χ4n) is 4.04. The Labute approximate surface area is 191 Å². The molecule has 33 heavy (non-hydrogen) atoms. The maximum absolute atomic E-state index is 12.8. The number of carbonyl (C=O) groups excluding carboxylic acids is 2. The van der Waals surface area contributed by atoms with Crippen LogP contribution in [0.4, 0.5) is 0 Å². The summed E-state index contributed by atoms with van der Waals surface area (Å²) in [4.78, 5) is 28.6. The standard InChI is InChI=1S/C27H24N4O2/c32-26-13-12-22(16-23(26)25-15-20-10-4-5-11-24(20)30-25)29-27(33)21-17-28-31(18-21)14-6-9-19-7-2-1-3-8-19/h1-5,7-8,10-12,15-18,30H,6,9,13-14H2,(H,29,33). The molecule has 0 unspecified atom stereocenters. The Morgan fingerprint density at radius 3 is 2.76 bits per heavy atom. The number of aromatic nitrogens is 3. The molecule has 0 bridgehead atoms. The van der Waals surface area contributed by atoms with Crippen LogP contribution in [0.25, 0.3) is 16.5 Å². The van der Waals surface area contributed by atoms with Gasteiger partial charge in [0.05, 0.1) is 17.5 Å². The first-order valence-corrected chi connectivity index (χ1v) is 11.1. The van der Waals surface area contributed by atoms with Crippen LogP contribution < -0.4 is 5.32 Å². The van der Waals surface area contributed by atoms with Gasteiger partial charge in [0.15, 0.2) is 5.78 Å². The van der Waals surface area contributed by atoms with Gasteiger partial charge in [-0.15, -0.1) is 0 Å². The molecule has 2 N–H and O–H groups in total. The fourth-order valence-corrected chi connectivity index (χ4v) is 4.04. The summed E-state index contributed by atoms with van der Waals surface area (Å²) >= 11 is 0. The smallest absolute Gasteiger partial charge is 0.258 e. The summed E-state index contributed by atoms with van der Waals surface area (Å²) in [5.74, 6) is -0.219. The zero-order chi connectivity index (χ0) is 22.6. The summed E-state index contributed by atoms with van der Waals surface area (Å²) in [5, 5.41) is 8.28. The maximum Gasteiger partial charge on any atom is 0.258 e. The van der Waals surface area contributed by atoms with Crippen molar-refractivity contribution in [2.75, 3.05) is 0 Å². The third kappa shape index (κ3) is 4.70. The summed E-state index contributed by atoms with van der Waals surface area (Å²) in [6.07, 6.45) is 8.97. The van der Waals surface area contributed by atoms with Crippen LogP contribution in [0, 0.1) is 0 Å². The molecule has 6 heteroatoms. The van der Waals surface area contributed by atoms with Crippen LogP contribution in [0.5, 0.6) is 0 Å². The number of benzene rings is 2. The van der Waals surface area contributed by atoms with Gasteiger partial charge < -0.3 is 10.3 Å². The van der Waals surface area contributed by atoms with Gasteiger partial charge >= 0.3 is 0 Å². The molecule has 0 saturated heterocycles. The molecule has 0 saturated carbocycles. The Bertz CT molecular complexity index is 1340. The second-order valence-electron chi connectivity index (χ2n) is 8.15. The minimum Gasteiger partial charge on any atom is -0.354 e. The van der Waals surface area contributed by atoms with E-state index in [4.69, 9.17) is 0 Å². The second-order valence-corrected chi connectivity index (χ2v) is 8.15. The van der Waals surface area contributed by atoms with E-state index >= 15 is 0 Å². The predicted molar refractivity (Wildman–Crippen MR) is 128 cm³/mol. The van der Waals surface area contributed by atoms with Gasteiger partial charge in [-0.05, 0) is 36.6 Å². The Morgan fingerprint density at radius 2 is 1.91 bits per heavy atom. The minimum absolute atomic E-state index is 0.0193. The Balaban J connectivity index is 1.23. The summed E-state index contributed by atoms with van der Waals surface area (Å²) in [6, 6.07) is 20.2. The highest BCUT2D eigenvalue weighted by Gasteiger charge is 2.19. The second kappa shape index (κ2) is 9.12. The van der Waals surface area contributed by atoms with Crippen molar-refractivity contribution >= 4 is 28.2 Å². The van der Waals surface area contributed by atoms with Gasteiger partial charge in [-0.3, -0.25) is 14.3 Å². The van der Waals surface area contributed by atoms with Gasteiger partial charge in [0.1, 0.15) is 0 Å². The van der Waals surface area contributed by atoms with Crippen molar-refractivity contribution in [1.82, 2.24) is 20.1 Å². The Morgan fingerprint density at radius 1 is 1.09 bits per heavy atom. The molecule has 0 fully saturated rings. The van der Waals surface area contributed by atoms with E-state index in [9.17, 15) is 9.59 Å². The molecule has 0 spiro atoms. The number of H-pyrrole nitrogens is 1. The number of aryl methyl sites for hydroxylation is 2. The highest BCUT2D eigenvalue weighted by Crippen LogP contribution is 2.26. The van der Waals surface area contributed by atoms with Crippen molar-refractivity contribution in [3.63, 3.8) is 0 Å². The van der Waals surface area contributed by atoms with E-state index in [-0.39, 0.29) is 18.1 Å². The first-order valence-electron chi connectivity index (χ1n) is 11.1. The van der Waals surface area contributed by atoms with Crippen LogP contribution in [-0.4, -0.2) is 26.5 Å². The monoisotopic (exact) mass is 436 g/mol. The number of carbonyl (C=O) groups is 2. The number of hydrogen-bond donors (Lipinski definition) is 2. The SMILES string of the molecule is O=C1CC=C(NC(=O)c2cnn(CCCc3ccccc3)c2)C=C1c1cc2ccccc2[nH]1. The number of rotatable bonds is 7. The largest absolute Gasteiger partial charge is 0.354 e. The van der Waals surface area contributed by atoms with Crippen molar-refractivity contribution in [2.24, 2.45) is 0 Å². The van der Waals surface area contributed by atoms with Crippen molar-refractivity contribution in [1.29, 1.82) is 0 Å². The molecule has 0 atom stereocenters. The highest BCUT2D eigenvalue weighted by molar-refractivity contribution is 6.23. The number of nitrogens with one attached hydrogen (secondary N) is 2. The zero-order valence-electron chi connectivity index (χ0n) is 18.1. The first-order chi connectivity index (χ1) is 16.2. The average Bonchev–Trinajstić information content (AvgIpc) is 3.48. The van der Waals surface area contributed by atoms with Gasteiger partial charge in [0.2, 0.25) is 0 Å². The summed E-state index contributed by atoms with van der Waals surface area (Å²) in [6.45, 7) is 0.740. The van der Waals surface area contributed by atoms with Crippen LogP contribution in [0.2, 0.25) is 0 Å². The van der Waals surface area contributed by atoms with Gasteiger partial charge in [0.25, 0.3) is 5.91 Å². The number of hydrogen-bond acceptors (Lipinski definition) is 3. The van der Waals surface area contributed by atoms with E-state index in [1.165, 1.54) is 5.56 Å². The molecular formula is C27H24N4O2. The van der Waals surface area contributed by atoms with Crippen molar-refractivity contribution < 1.29 is 9.59 Å². The topological polar surface area (TPSA) is 79.8 Å². The van der Waals surface area contributed by atoms with Gasteiger partial charge in [-0.2, -0.15) is 5.10 Å². The molecule has 1 aliphatic rings. The molecule has 2 aromatic carbocycles. The highest BCUT2D eigenvalue weighted by atomic mass is 16.1. The fraction of sp³-hybridized carbons (Fsp3) is 0.148. The number of ketones is 1. The molecular weight excluding hydrogens is 412 g/mol. The maximum atomic E-state index is 12.8. The zero-order valence-corrected chi connectivity index (χ0v) is 18.1. The summed E-state index contributed by atoms with van der Waals surface area (Å²) < 4.78 is 1.79. The van der Waals surface area contributed by atoms with Crippen LogP contribution in [0.3, 0.4) is 0 Å². The molecule has 1 amide bonds. The number of para-hydroxylation sites is 1. The number of amides is 1. The van der Waals surface area contributed by atoms with Gasteiger partial charge in [-0.1, -0.05) is 54.6 Å². The van der Waals surface area contributed by atoms with Crippen molar-refractivity contribution in [3.05, 3.63) is 108 Å². The molecule has 0 radical (unpaired) electrons. The first kappa shape index (κ1) is 20.7. The lowest BCUT2D eigenvalue weighted by Crippen LogP contribution is -2.23. The molecule has 1 aliphatic carbocycles. The van der Waals surface area contributed by atoms with E-state index in [1.54, 1.807) is 29.2 Å². The predicted octanol–water partition coefficient (Wildman–Crippen LogP) is 4.67. The average molecular weight is 437 g/mol. The summed E-state index contributed by atoms with van der Waals surface area (Å²) in [7, 11) is 0. The molecule has 5 rings (SSSR count). The Hall–Kier alpha value is -4.19. The van der Waals surface area contributed by atoms with Crippen molar-refractivity contribution in [2.45, 2.75) is 25.8 Å². The normalized spacial score (nSPS) is 13.6. The summed E-state index contributed by atoms with van der Waals surface area (Å²) in [5.41, 5.74) is 4.70. The number of nitrogens with zero attached hydrogens (tertiary/aromatic N) is 2. The number of fused-ring (bicyclic) bond motifs is 1. The minimum atomic E-state index is -0.239. The Kier molecular flexibility index (Phi) is 5.72.